The van der Waals surface area contributed by atoms with Gasteiger partial charge in [0.2, 0.25) is 21.9 Å². The fraction of sp³-hybridized carbons (Fsp3) is 0.407. The molecule has 0 spiro atoms. The number of hydrogen-bond donors (Lipinski definition) is 2. The summed E-state index contributed by atoms with van der Waals surface area (Å²) in [6, 6.07) is 7.25. The first-order valence-corrected chi connectivity index (χ1v) is 17.3. The number of aromatic nitrogens is 6. The summed E-state index contributed by atoms with van der Waals surface area (Å²) in [5, 5.41) is 10.6. The smallest absolute Gasteiger partial charge is 0.284 e. The molecular weight excluding hydrogens is 610 g/mol. The Morgan fingerprint density at radius 3 is 2.45 bits per heavy atom. The van der Waals surface area contributed by atoms with E-state index in [1.165, 1.54) is 45.7 Å². The summed E-state index contributed by atoms with van der Waals surface area (Å²) in [7, 11) is -7.22. The Morgan fingerprint density at radius 1 is 1.02 bits per heavy atom. The van der Waals surface area contributed by atoms with Crippen LogP contribution in [0.1, 0.15) is 43.0 Å². The number of carbonyl (C=O) groups is 1. The second-order valence-corrected chi connectivity index (χ2v) is 14.8. The minimum absolute atomic E-state index is 0.0340. The highest BCUT2D eigenvalue weighted by Gasteiger charge is 2.30. The van der Waals surface area contributed by atoms with Gasteiger partial charge in [0.1, 0.15) is 18.5 Å². The van der Waals surface area contributed by atoms with E-state index in [9.17, 15) is 26.4 Å². The van der Waals surface area contributed by atoms with Gasteiger partial charge < -0.3 is 10.6 Å². The summed E-state index contributed by atoms with van der Waals surface area (Å²) in [4.78, 5) is 38.8. The number of benzene rings is 1. The summed E-state index contributed by atoms with van der Waals surface area (Å²) >= 11 is 0. The van der Waals surface area contributed by atoms with Crippen molar-refractivity contribution in [2.24, 2.45) is 0 Å². The SMILES string of the molecule is Cc1cc(NC(=O)Cn2c(=O)ccc3cnc(NC4CCN(S(C)(=O)=O)CC4)nc32)ccc1S(=O)(=O)n1cnc(C2CC2)n1. The van der Waals surface area contributed by atoms with Gasteiger partial charge in [-0.15, -0.1) is 9.19 Å². The van der Waals surface area contributed by atoms with E-state index >= 15 is 0 Å². The summed E-state index contributed by atoms with van der Waals surface area (Å²) < 4.78 is 53.4. The van der Waals surface area contributed by atoms with Crippen LogP contribution in [0, 0.1) is 6.92 Å². The molecule has 0 unspecified atom stereocenters. The van der Waals surface area contributed by atoms with E-state index in [0.717, 1.165) is 16.9 Å². The Morgan fingerprint density at radius 2 is 1.77 bits per heavy atom. The monoisotopic (exact) mass is 641 g/mol. The topological polar surface area (TPSA) is 191 Å². The molecule has 1 aliphatic carbocycles. The molecule has 17 heteroatoms. The number of carbonyl (C=O) groups excluding carboxylic acids is 1. The minimum Gasteiger partial charge on any atom is -0.351 e. The number of pyridine rings is 1. The molecule has 232 valence electrons. The largest absolute Gasteiger partial charge is 0.351 e. The number of hydrogen-bond acceptors (Lipinski definition) is 11. The van der Waals surface area contributed by atoms with Crippen molar-refractivity contribution in [2.45, 2.75) is 56.0 Å². The predicted octanol–water partition coefficient (Wildman–Crippen LogP) is 1.28. The zero-order valence-corrected chi connectivity index (χ0v) is 25.7. The quantitative estimate of drug-likeness (QED) is 0.268. The Labute approximate surface area is 253 Å². The standard InChI is InChI=1S/C27H31N9O6S2/c1-17-13-21(6-7-22(17)44(41,42)36-16-29-25(33-36)18-3-4-18)30-23(37)15-35-24(38)8-5-19-14-28-27(32-26(19)35)31-20-9-11-34(12-10-20)43(2,39)40/h5-8,13-14,16,18,20H,3-4,9-12,15H2,1-2H3,(H,30,37)(H,28,31,32). The fourth-order valence-electron chi connectivity index (χ4n) is 5.18. The van der Waals surface area contributed by atoms with Crippen LogP contribution in [0.3, 0.4) is 0 Å². The van der Waals surface area contributed by atoms with Crippen molar-refractivity contribution < 1.29 is 21.6 Å². The van der Waals surface area contributed by atoms with Gasteiger partial charge in [-0.2, -0.15) is 13.4 Å². The van der Waals surface area contributed by atoms with Crippen LogP contribution >= 0.6 is 0 Å². The number of amides is 1. The first-order valence-electron chi connectivity index (χ1n) is 14.0. The first-order chi connectivity index (χ1) is 20.9. The molecule has 6 rings (SSSR count). The van der Waals surface area contributed by atoms with E-state index in [1.54, 1.807) is 19.2 Å². The molecule has 1 amide bonds. The van der Waals surface area contributed by atoms with E-state index < -0.39 is 31.5 Å². The molecule has 1 saturated carbocycles. The maximum Gasteiger partial charge on any atom is 0.284 e. The predicted molar refractivity (Wildman–Crippen MR) is 161 cm³/mol. The average Bonchev–Trinajstić information content (AvgIpc) is 3.69. The van der Waals surface area contributed by atoms with Gasteiger partial charge in [-0.3, -0.25) is 14.2 Å². The number of piperidine rings is 1. The van der Waals surface area contributed by atoms with Gasteiger partial charge in [-0.1, -0.05) is 0 Å². The lowest BCUT2D eigenvalue weighted by atomic mass is 10.1. The zero-order chi connectivity index (χ0) is 31.2. The molecule has 0 bridgehead atoms. The maximum absolute atomic E-state index is 13.1. The van der Waals surface area contributed by atoms with E-state index in [4.69, 9.17) is 0 Å². The van der Waals surface area contributed by atoms with Crippen molar-refractivity contribution in [3.05, 3.63) is 64.6 Å². The second-order valence-electron chi connectivity index (χ2n) is 11.1. The van der Waals surface area contributed by atoms with E-state index in [1.807, 2.05) is 0 Å². The molecule has 2 aliphatic rings. The molecule has 1 aliphatic heterocycles. The molecule has 44 heavy (non-hydrogen) atoms. The molecule has 1 aromatic carbocycles. The minimum atomic E-state index is -3.97. The number of fused-ring (bicyclic) bond motifs is 1. The fourth-order valence-corrected chi connectivity index (χ4v) is 7.32. The molecule has 2 N–H and O–H groups in total. The zero-order valence-electron chi connectivity index (χ0n) is 24.0. The first kappa shape index (κ1) is 29.8. The van der Waals surface area contributed by atoms with Crippen LogP contribution in [-0.2, 0) is 31.4 Å². The van der Waals surface area contributed by atoms with Crippen molar-refractivity contribution >= 4 is 48.6 Å². The van der Waals surface area contributed by atoms with Crippen molar-refractivity contribution in [2.75, 3.05) is 30.0 Å². The lowest BCUT2D eigenvalue weighted by Gasteiger charge is -2.30. The van der Waals surface area contributed by atoms with Gasteiger partial charge in [-0.25, -0.2) is 22.7 Å². The third-order valence-electron chi connectivity index (χ3n) is 7.70. The van der Waals surface area contributed by atoms with Gasteiger partial charge >= 0.3 is 0 Å². The highest BCUT2D eigenvalue weighted by molar-refractivity contribution is 7.90. The van der Waals surface area contributed by atoms with Crippen molar-refractivity contribution in [1.29, 1.82) is 0 Å². The van der Waals surface area contributed by atoms with Gasteiger partial charge in [-0.05, 0) is 62.4 Å². The van der Waals surface area contributed by atoms with Crippen LogP contribution in [0.4, 0.5) is 11.6 Å². The number of aryl methyl sites for hydroxylation is 1. The summed E-state index contributed by atoms with van der Waals surface area (Å²) in [6.45, 7) is 2.03. The Bertz CT molecular complexity index is 2030. The van der Waals surface area contributed by atoms with Crippen molar-refractivity contribution in [1.82, 2.24) is 33.0 Å². The Kier molecular flexibility index (Phi) is 7.71. The van der Waals surface area contributed by atoms with Gasteiger partial charge in [0.05, 0.1) is 11.2 Å². The Hall–Kier alpha value is -4.22. The summed E-state index contributed by atoms with van der Waals surface area (Å²) in [5.74, 6) is 0.475. The maximum atomic E-state index is 13.1. The summed E-state index contributed by atoms with van der Waals surface area (Å²) in [6.07, 6.45) is 6.97. The summed E-state index contributed by atoms with van der Waals surface area (Å²) in [5.41, 5.74) is 0.582. The van der Waals surface area contributed by atoms with Crippen molar-refractivity contribution in [3.63, 3.8) is 0 Å². The van der Waals surface area contributed by atoms with Crippen LogP contribution in [0.25, 0.3) is 11.0 Å². The molecule has 2 fully saturated rings. The molecule has 0 atom stereocenters. The van der Waals surface area contributed by atoms with Gasteiger partial charge in [0, 0.05) is 48.4 Å². The third-order valence-corrected chi connectivity index (χ3v) is 10.7. The second kappa shape index (κ2) is 11.4. The lowest BCUT2D eigenvalue weighted by Crippen LogP contribution is -2.42. The van der Waals surface area contributed by atoms with E-state index in [0.29, 0.717) is 48.4 Å². The van der Waals surface area contributed by atoms with Crippen LogP contribution in [0.2, 0.25) is 0 Å². The van der Waals surface area contributed by atoms with Crippen LogP contribution in [-0.4, -0.2) is 81.1 Å². The Balaban J connectivity index is 1.16. The van der Waals surface area contributed by atoms with Crippen LogP contribution in [0.5, 0.6) is 0 Å². The number of nitrogens with zero attached hydrogens (tertiary/aromatic N) is 7. The van der Waals surface area contributed by atoms with E-state index in [2.05, 4.69) is 30.7 Å². The molecule has 0 radical (unpaired) electrons. The van der Waals surface area contributed by atoms with Crippen molar-refractivity contribution in [3.8, 4) is 0 Å². The highest BCUT2D eigenvalue weighted by Crippen LogP contribution is 2.38. The number of sulfonamides is 1. The molecule has 1 saturated heterocycles. The van der Waals surface area contributed by atoms with Crippen LogP contribution < -0.4 is 16.2 Å². The molecule has 4 heterocycles. The number of rotatable bonds is 9. The molecule has 3 aromatic heterocycles. The number of nitrogens with one attached hydrogen (secondary N) is 2. The van der Waals surface area contributed by atoms with Crippen LogP contribution in [0.15, 0.2) is 52.5 Å². The average molecular weight is 642 g/mol. The molecule has 4 aromatic rings. The molecule has 15 nitrogen and oxygen atoms in total. The van der Waals surface area contributed by atoms with E-state index in [-0.39, 0.29) is 35.0 Å². The molecular formula is C27H31N9O6S2. The van der Waals surface area contributed by atoms with Gasteiger partial charge in [0.15, 0.2) is 5.82 Å². The van der Waals surface area contributed by atoms with Gasteiger partial charge in [0.25, 0.3) is 15.6 Å². The lowest BCUT2D eigenvalue weighted by molar-refractivity contribution is -0.116. The third kappa shape index (κ3) is 6.20. The normalized spacial score (nSPS) is 16.7. The number of anilines is 2. The highest BCUT2D eigenvalue weighted by atomic mass is 32.2.